The highest BCUT2D eigenvalue weighted by atomic mass is 35.5. The number of rotatable bonds is 6. The van der Waals surface area contributed by atoms with Gasteiger partial charge in [-0.3, -0.25) is 4.79 Å². The number of thioether (sulfide) groups is 1. The first-order chi connectivity index (χ1) is 13.7. The molecule has 0 aliphatic carbocycles. The molecule has 2 aromatic carbocycles. The van der Waals surface area contributed by atoms with Gasteiger partial charge >= 0.3 is 0 Å². The standard InChI is InChI=1S/C22H21ClN2O2S/c23-19-9-7-17(8-10-19)20-13-24-21(27-20)15-28-14-16-3-5-18(6-4-16)22(26)25-11-1-2-12-25/h3-10,13H,1-2,11-12,14-15H2. The molecule has 2 heterocycles. The second kappa shape index (κ2) is 8.84. The van der Waals surface area contributed by atoms with Crippen molar-refractivity contribution in [1.29, 1.82) is 0 Å². The summed E-state index contributed by atoms with van der Waals surface area (Å²) in [6, 6.07) is 15.4. The molecule has 0 atom stereocenters. The molecule has 0 saturated carbocycles. The molecular formula is C22H21ClN2O2S. The fourth-order valence-electron chi connectivity index (χ4n) is 3.23. The van der Waals surface area contributed by atoms with Gasteiger partial charge in [0, 0.05) is 35.0 Å². The lowest BCUT2D eigenvalue weighted by atomic mass is 10.1. The zero-order chi connectivity index (χ0) is 19.3. The van der Waals surface area contributed by atoms with Gasteiger partial charge in [-0.05, 0) is 54.8 Å². The van der Waals surface area contributed by atoms with E-state index in [-0.39, 0.29) is 5.91 Å². The summed E-state index contributed by atoms with van der Waals surface area (Å²) in [5.74, 6) is 3.14. The molecule has 0 bridgehead atoms. The van der Waals surface area contributed by atoms with E-state index in [1.165, 1.54) is 5.56 Å². The normalized spacial score (nSPS) is 13.8. The van der Waals surface area contributed by atoms with Crippen molar-refractivity contribution in [3.63, 3.8) is 0 Å². The molecule has 1 saturated heterocycles. The molecule has 1 amide bonds. The molecule has 1 aromatic heterocycles. The molecule has 1 aliphatic rings. The van der Waals surface area contributed by atoms with Crippen molar-refractivity contribution < 1.29 is 9.21 Å². The minimum absolute atomic E-state index is 0.145. The van der Waals surface area contributed by atoms with E-state index in [4.69, 9.17) is 16.0 Å². The largest absolute Gasteiger partial charge is 0.440 e. The number of hydrogen-bond donors (Lipinski definition) is 0. The van der Waals surface area contributed by atoms with Crippen LogP contribution in [0.15, 0.2) is 59.1 Å². The van der Waals surface area contributed by atoms with E-state index >= 15 is 0 Å². The summed E-state index contributed by atoms with van der Waals surface area (Å²) in [6.07, 6.45) is 3.97. The van der Waals surface area contributed by atoms with E-state index in [1.807, 2.05) is 53.4 Å². The Balaban J connectivity index is 1.29. The summed E-state index contributed by atoms with van der Waals surface area (Å²) < 4.78 is 5.83. The van der Waals surface area contributed by atoms with Crippen LogP contribution in [0, 0.1) is 0 Å². The van der Waals surface area contributed by atoms with E-state index < -0.39 is 0 Å². The van der Waals surface area contributed by atoms with Crippen LogP contribution in [0.25, 0.3) is 11.3 Å². The Bertz CT molecular complexity index is 932. The van der Waals surface area contributed by atoms with Crippen molar-refractivity contribution in [2.75, 3.05) is 13.1 Å². The quantitative estimate of drug-likeness (QED) is 0.523. The first-order valence-electron chi connectivity index (χ1n) is 9.36. The Hall–Kier alpha value is -2.24. The zero-order valence-corrected chi connectivity index (χ0v) is 17.0. The number of carbonyl (C=O) groups excluding carboxylic acids is 1. The third kappa shape index (κ3) is 4.59. The monoisotopic (exact) mass is 412 g/mol. The van der Waals surface area contributed by atoms with Crippen molar-refractivity contribution in [1.82, 2.24) is 9.88 Å². The van der Waals surface area contributed by atoms with Gasteiger partial charge in [0.1, 0.15) is 0 Å². The highest BCUT2D eigenvalue weighted by Crippen LogP contribution is 2.25. The predicted molar refractivity (Wildman–Crippen MR) is 114 cm³/mol. The third-order valence-corrected chi connectivity index (χ3v) is 6.01. The van der Waals surface area contributed by atoms with Gasteiger partial charge in [-0.25, -0.2) is 4.98 Å². The molecule has 0 N–H and O–H groups in total. The van der Waals surface area contributed by atoms with Gasteiger partial charge in [0.2, 0.25) is 5.89 Å². The molecule has 0 spiro atoms. The highest BCUT2D eigenvalue weighted by Gasteiger charge is 2.19. The number of aromatic nitrogens is 1. The summed E-state index contributed by atoms with van der Waals surface area (Å²) in [6.45, 7) is 1.76. The van der Waals surface area contributed by atoms with Crippen LogP contribution >= 0.6 is 23.4 Å². The second-order valence-electron chi connectivity index (χ2n) is 6.81. The number of likely N-dealkylation sites (tertiary alicyclic amines) is 1. The van der Waals surface area contributed by atoms with Crippen LogP contribution < -0.4 is 0 Å². The van der Waals surface area contributed by atoms with Crippen LogP contribution in [-0.2, 0) is 11.5 Å². The molecule has 28 heavy (non-hydrogen) atoms. The highest BCUT2D eigenvalue weighted by molar-refractivity contribution is 7.97. The summed E-state index contributed by atoms with van der Waals surface area (Å²) in [5.41, 5.74) is 2.93. The van der Waals surface area contributed by atoms with Crippen LogP contribution in [0.4, 0.5) is 0 Å². The SMILES string of the molecule is O=C(c1ccc(CSCc2ncc(-c3ccc(Cl)cc3)o2)cc1)N1CCCC1. The maximum absolute atomic E-state index is 12.4. The Kier molecular flexibility index (Phi) is 6.03. The smallest absolute Gasteiger partial charge is 0.253 e. The molecule has 4 nitrogen and oxygen atoms in total. The fraction of sp³-hybridized carbons (Fsp3) is 0.273. The summed E-state index contributed by atoms with van der Waals surface area (Å²) >= 11 is 7.66. The average Bonchev–Trinajstić information content (AvgIpc) is 3.41. The van der Waals surface area contributed by atoms with Gasteiger partial charge in [-0.2, -0.15) is 0 Å². The maximum atomic E-state index is 12.4. The van der Waals surface area contributed by atoms with Gasteiger partial charge in [0.15, 0.2) is 5.76 Å². The molecule has 6 heteroatoms. The first kappa shape index (κ1) is 19.1. The lowest BCUT2D eigenvalue weighted by molar-refractivity contribution is 0.0793. The Morgan fingerprint density at radius 3 is 2.46 bits per heavy atom. The van der Waals surface area contributed by atoms with E-state index in [1.54, 1.807) is 18.0 Å². The Morgan fingerprint density at radius 1 is 1.04 bits per heavy atom. The molecule has 0 unspecified atom stereocenters. The zero-order valence-electron chi connectivity index (χ0n) is 15.4. The fourth-order valence-corrected chi connectivity index (χ4v) is 4.19. The van der Waals surface area contributed by atoms with Crippen LogP contribution in [0.5, 0.6) is 0 Å². The van der Waals surface area contributed by atoms with Crippen LogP contribution in [0.1, 0.15) is 34.7 Å². The maximum Gasteiger partial charge on any atom is 0.253 e. The van der Waals surface area contributed by atoms with Crippen molar-refractivity contribution in [3.8, 4) is 11.3 Å². The van der Waals surface area contributed by atoms with Crippen molar-refractivity contribution in [2.24, 2.45) is 0 Å². The molecule has 1 fully saturated rings. The van der Waals surface area contributed by atoms with Gasteiger partial charge in [0.25, 0.3) is 5.91 Å². The van der Waals surface area contributed by atoms with Crippen LogP contribution in [0.3, 0.4) is 0 Å². The van der Waals surface area contributed by atoms with E-state index in [0.29, 0.717) is 16.7 Å². The number of oxazole rings is 1. The average molecular weight is 413 g/mol. The Morgan fingerprint density at radius 2 is 1.75 bits per heavy atom. The second-order valence-corrected chi connectivity index (χ2v) is 8.24. The topological polar surface area (TPSA) is 46.3 Å². The van der Waals surface area contributed by atoms with Crippen molar-refractivity contribution in [3.05, 3.63) is 76.8 Å². The van der Waals surface area contributed by atoms with Crippen molar-refractivity contribution in [2.45, 2.75) is 24.3 Å². The number of amides is 1. The first-order valence-corrected chi connectivity index (χ1v) is 10.9. The molecule has 0 radical (unpaired) electrons. The lowest BCUT2D eigenvalue weighted by Gasteiger charge is -2.15. The van der Waals surface area contributed by atoms with Crippen LogP contribution in [-0.4, -0.2) is 28.9 Å². The molecule has 4 rings (SSSR count). The molecular weight excluding hydrogens is 392 g/mol. The summed E-state index contributed by atoms with van der Waals surface area (Å²) in [4.78, 5) is 18.7. The number of halogens is 1. The van der Waals surface area contributed by atoms with Crippen LogP contribution in [0.2, 0.25) is 5.02 Å². The molecule has 1 aliphatic heterocycles. The Labute approximate surface area is 173 Å². The number of hydrogen-bond acceptors (Lipinski definition) is 4. The number of carbonyl (C=O) groups is 1. The minimum atomic E-state index is 0.145. The summed E-state index contributed by atoms with van der Waals surface area (Å²) in [5, 5.41) is 0.701. The van der Waals surface area contributed by atoms with E-state index in [2.05, 4.69) is 4.98 Å². The minimum Gasteiger partial charge on any atom is -0.440 e. The molecule has 144 valence electrons. The third-order valence-electron chi connectivity index (χ3n) is 4.77. The molecule has 3 aromatic rings. The number of benzene rings is 2. The summed E-state index contributed by atoms with van der Waals surface area (Å²) in [7, 11) is 0. The lowest BCUT2D eigenvalue weighted by Crippen LogP contribution is -2.27. The van der Waals surface area contributed by atoms with E-state index in [0.717, 1.165) is 48.6 Å². The predicted octanol–water partition coefficient (Wildman–Crippen LogP) is 5.66. The van der Waals surface area contributed by atoms with Gasteiger partial charge in [-0.1, -0.05) is 23.7 Å². The van der Waals surface area contributed by atoms with Crippen molar-refractivity contribution >= 4 is 29.3 Å². The van der Waals surface area contributed by atoms with Gasteiger partial charge in [0.05, 0.1) is 11.9 Å². The van der Waals surface area contributed by atoms with Gasteiger partial charge < -0.3 is 9.32 Å². The number of nitrogens with zero attached hydrogens (tertiary/aromatic N) is 2. The van der Waals surface area contributed by atoms with E-state index in [9.17, 15) is 4.79 Å². The van der Waals surface area contributed by atoms with Gasteiger partial charge in [-0.15, -0.1) is 11.8 Å².